The number of nitrogen functional groups attached to an aromatic ring is 1. The molecule has 2 aromatic heterocycles. The highest BCUT2D eigenvalue weighted by Gasteiger charge is 2.20. The van der Waals surface area contributed by atoms with E-state index in [0.717, 1.165) is 11.1 Å². The summed E-state index contributed by atoms with van der Waals surface area (Å²) in [5.74, 6) is 0.830. The maximum Gasteiger partial charge on any atom is 0.266 e. The molecule has 3 N–H and O–H groups in total. The van der Waals surface area contributed by atoms with Gasteiger partial charge in [-0.1, -0.05) is 29.8 Å². The number of rotatable bonds is 4. The van der Waals surface area contributed by atoms with Crippen molar-refractivity contribution >= 4 is 22.7 Å². The summed E-state index contributed by atoms with van der Waals surface area (Å²) >= 11 is 0. The van der Waals surface area contributed by atoms with Gasteiger partial charge < -0.3 is 11.1 Å². The number of aromatic nitrogens is 4. The fraction of sp³-hybridized carbons (Fsp3) is 0.174. The van der Waals surface area contributed by atoms with Gasteiger partial charge in [-0.05, 0) is 44.5 Å². The zero-order valence-electron chi connectivity index (χ0n) is 17.4. The maximum atomic E-state index is 13.6. The molecule has 2 heterocycles. The third kappa shape index (κ3) is 3.69. The number of fused-ring (bicyclic) bond motifs is 1. The quantitative estimate of drug-likeness (QED) is 0.527. The number of nitrogens with zero attached hydrogens (tertiary/aromatic N) is 5. The number of nitrogens with two attached hydrogens (primary N) is 1. The van der Waals surface area contributed by atoms with E-state index >= 15 is 0 Å². The van der Waals surface area contributed by atoms with Crippen LogP contribution in [0.25, 0.3) is 16.6 Å². The summed E-state index contributed by atoms with van der Waals surface area (Å²) in [5, 5.41) is 13.1. The second-order valence-electron chi connectivity index (χ2n) is 7.38. The van der Waals surface area contributed by atoms with Crippen LogP contribution in [0.15, 0.2) is 53.5 Å². The molecule has 8 nitrogen and oxygen atoms in total. The Kier molecular flexibility index (Phi) is 5.09. The van der Waals surface area contributed by atoms with Gasteiger partial charge in [0.25, 0.3) is 5.56 Å². The fourth-order valence-corrected chi connectivity index (χ4v) is 3.50. The van der Waals surface area contributed by atoms with Crippen molar-refractivity contribution in [2.75, 3.05) is 11.1 Å². The van der Waals surface area contributed by atoms with Crippen molar-refractivity contribution in [1.29, 1.82) is 5.26 Å². The summed E-state index contributed by atoms with van der Waals surface area (Å²) in [5.41, 5.74) is 9.07. The number of aryl methyl sites for hydroxylation is 2. The summed E-state index contributed by atoms with van der Waals surface area (Å²) in [7, 11) is 0. The van der Waals surface area contributed by atoms with Crippen LogP contribution in [0.1, 0.15) is 35.5 Å². The van der Waals surface area contributed by atoms with E-state index in [1.54, 1.807) is 4.57 Å². The molecule has 8 heteroatoms. The summed E-state index contributed by atoms with van der Waals surface area (Å²) in [6.45, 7) is 5.74. The fourth-order valence-electron chi connectivity index (χ4n) is 3.50. The van der Waals surface area contributed by atoms with Crippen molar-refractivity contribution in [1.82, 2.24) is 19.5 Å². The lowest BCUT2D eigenvalue weighted by Crippen LogP contribution is -2.28. The zero-order valence-corrected chi connectivity index (χ0v) is 17.4. The van der Waals surface area contributed by atoms with E-state index in [0.29, 0.717) is 22.4 Å². The Bertz CT molecular complexity index is 1380. The van der Waals surface area contributed by atoms with Crippen LogP contribution in [0.3, 0.4) is 0 Å². The first-order valence-corrected chi connectivity index (χ1v) is 9.77. The average Bonchev–Trinajstić information content (AvgIpc) is 2.74. The Morgan fingerprint density at radius 1 is 1.13 bits per heavy atom. The van der Waals surface area contributed by atoms with Crippen LogP contribution < -0.4 is 16.6 Å². The first kappa shape index (κ1) is 20.0. The number of benzene rings is 2. The molecule has 154 valence electrons. The summed E-state index contributed by atoms with van der Waals surface area (Å²) in [4.78, 5) is 26.4. The Morgan fingerprint density at radius 2 is 1.87 bits per heavy atom. The van der Waals surface area contributed by atoms with Crippen LogP contribution >= 0.6 is 0 Å². The van der Waals surface area contributed by atoms with Crippen LogP contribution in [0.2, 0.25) is 0 Å². The van der Waals surface area contributed by atoms with Crippen LogP contribution in [0.4, 0.5) is 11.8 Å². The molecular formula is C23H21N7O. The molecule has 0 bridgehead atoms. The van der Waals surface area contributed by atoms with Gasteiger partial charge in [-0.3, -0.25) is 9.36 Å². The molecule has 31 heavy (non-hydrogen) atoms. The molecule has 0 amide bonds. The summed E-state index contributed by atoms with van der Waals surface area (Å²) < 4.78 is 1.60. The van der Waals surface area contributed by atoms with E-state index in [9.17, 15) is 10.1 Å². The van der Waals surface area contributed by atoms with E-state index < -0.39 is 6.04 Å². The monoisotopic (exact) mass is 411 g/mol. The van der Waals surface area contributed by atoms with E-state index in [1.165, 1.54) is 6.20 Å². The van der Waals surface area contributed by atoms with Gasteiger partial charge in [-0.15, -0.1) is 0 Å². The Labute approximate surface area is 179 Å². The molecule has 0 aliphatic rings. The number of hydrogen-bond donors (Lipinski definition) is 2. The normalized spacial score (nSPS) is 11.8. The standard InChI is InChI=1S/C23H21N7O/c1-13-7-9-17(10-8-13)30-21(28-18-6-4-5-14(2)19(18)22(30)31)15(3)27-20-16(11-24)12-26-23(25)29-20/h4-10,12,15H,1-3H3,(H3,25,26,27,29). The van der Waals surface area contributed by atoms with E-state index in [2.05, 4.69) is 15.3 Å². The lowest BCUT2D eigenvalue weighted by Gasteiger charge is -2.21. The molecule has 4 aromatic rings. The Balaban J connectivity index is 1.93. The molecule has 0 radical (unpaired) electrons. The topological polar surface area (TPSA) is 123 Å². The maximum absolute atomic E-state index is 13.6. The minimum absolute atomic E-state index is 0.0479. The second-order valence-corrected chi connectivity index (χ2v) is 7.38. The number of anilines is 2. The molecule has 0 saturated heterocycles. The van der Waals surface area contributed by atoms with Crippen LogP contribution in [-0.2, 0) is 0 Å². The largest absolute Gasteiger partial charge is 0.368 e. The van der Waals surface area contributed by atoms with Gasteiger partial charge in [0, 0.05) is 0 Å². The van der Waals surface area contributed by atoms with Crippen molar-refractivity contribution in [2.45, 2.75) is 26.8 Å². The zero-order chi connectivity index (χ0) is 22.1. The molecule has 2 aromatic carbocycles. The molecule has 0 aliphatic heterocycles. The van der Waals surface area contributed by atoms with Gasteiger partial charge in [0.2, 0.25) is 5.95 Å². The van der Waals surface area contributed by atoms with E-state index in [1.807, 2.05) is 69.3 Å². The van der Waals surface area contributed by atoms with Crippen LogP contribution in [-0.4, -0.2) is 19.5 Å². The summed E-state index contributed by atoms with van der Waals surface area (Å²) in [6, 6.07) is 14.9. The minimum atomic E-state index is -0.458. The number of hydrogen-bond acceptors (Lipinski definition) is 7. The second kappa shape index (κ2) is 7.88. The van der Waals surface area contributed by atoms with Crippen LogP contribution in [0.5, 0.6) is 0 Å². The SMILES string of the molecule is Cc1ccc(-n2c(C(C)Nc3nc(N)ncc3C#N)nc3cccc(C)c3c2=O)cc1. The number of nitrogens with one attached hydrogen (secondary N) is 1. The van der Waals surface area contributed by atoms with Gasteiger partial charge in [0.15, 0.2) is 0 Å². The predicted octanol–water partition coefficient (Wildman–Crippen LogP) is 3.42. The van der Waals surface area contributed by atoms with Gasteiger partial charge in [0.1, 0.15) is 23.3 Å². The minimum Gasteiger partial charge on any atom is -0.368 e. The lowest BCUT2D eigenvalue weighted by atomic mass is 10.1. The van der Waals surface area contributed by atoms with Crippen molar-refractivity contribution < 1.29 is 0 Å². The molecule has 0 saturated carbocycles. The third-order valence-electron chi connectivity index (χ3n) is 5.09. The molecule has 1 atom stereocenters. The molecule has 0 spiro atoms. The molecule has 0 aliphatic carbocycles. The molecule has 4 rings (SSSR count). The van der Waals surface area contributed by atoms with Crippen molar-refractivity contribution in [3.63, 3.8) is 0 Å². The summed E-state index contributed by atoms with van der Waals surface area (Å²) in [6.07, 6.45) is 1.36. The van der Waals surface area contributed by atoms with Gasteiger partial charge in [-0.25, -0.2) is 9.97 Å². The van der Waals surface area contributed by atoms with Gasteiger partial charge in [0.05, 0.1) is 28.8 Å². The van der Waals surface area contributed by atoms with E-state index in [4.69, 9.17) is 10.7 Å². The smallest absolute Gasteiger partial charge is 0.266 e. The highest BCUT2D eigenvalue weighted by Crippen LogP contribution is 2.24. The Hall–Kier alpha value is -4.25. The Morgan fingerprint density at radius 3 is 2.58 bits per heavy atom. The van der Waals surface area contributed by atoms with Crippen LogP contribution in [0, 0.1) is 25.2 Å². The molecule has 1 unspecified atom stereocenters. The molecular weight excluding hydrogens is 390 g/mol. The van der Waals surface area contributed by atoms with Crippen molar-refractivity contribution in [3.05, 3.63) is 81.5 Å². The average molecular weight is 411 g/mol. The highest BCUT2D eigenvalue weighted by atomic mass is 16.1. The van der Waals surface area contributed by atoms with Crippen molar-refractivity contribution in [3.8, 4) is 11.8 Å². The predicted molar refractivity (Wildman–Crippen MR) is 120 cm³/mol. The van der Waals surface area contributed by atoms with E-state index in [-0.39, 0.29) is 22.9 Å². The lowest BCUT2D eigenvalue weighted by molar-refractivity contribution is 0.730. The highest BCUT2D eigenvalue weighted by molar-refractivity contribution is 5.81. The first-order chi connectivity index (χ1) is 14.9. The van der Waals surface area contributed by atoms with Gasteiger partial charge >= 0.3 is 0 Å². The first-order valence-electron chi connectivity index (χ1n) is 9.77. The van der Waals surface area contributed by atoms with Crippen molar-refractivity contribution in [2.24, 2.45) is 0 Å². The third-order valence-corrected chi connectivity index (χ3v) is 5.09. The van der Waals surface area contributed by atoms with Gasteiger partial charge in [-0.2, -0.15) is 10.2 Å². The number of nitriles is 1. The molecule has 0 fully saturated rings.